The molecule has 18 heavy (non-hydrogen) atoms. The van der Waals surface area contributed by atoms with Crippen LogP contribution >= 0.6 is 0 Å². The van der Waals surface area contributed by atoms with Crippen LogP contribution in [-0.2, 0) is 16.1 Å². The van der Waals surface area contributed by atoms with E-state index in [2.05, 4.69) is 10.3 Å². The second-order valence-corrected chi connectivity index (χ2v) is 4.24. The summed E-state index contributed by atoms with van der Waals surface area (Å²) in [7, 11) is 0. The first kappa shape index (κ1) is 12.8. The Bertz CT molecular complexity index is 434. The van der Waals surface area contributed by atoms with Crippen molar-refractivity contribution in [2.24, 2.45) is 0 Å². The second kappa shape index (κ2) is 5.82. The molecule has 1 saturated heterocycles. The van der Waals surface area contributed by atoms with Gasteiger partial charge in [-0.25, -0.2) is 4.79 Å². The third kappa shape index (κ3) is 2.98. The Kier molecular flexibility index (Phi) is 4.15. The number of nitrogens with zero attached hydrogens (tertiary/aromatic N) is 1. The summed E-state index contributed by atoms with van der Waals surface area (Å²) in [6, 6.07) is 3.74. The molecule has 2 rings (SSSR count). The number of esters is 1. The normalized spacial score (nSPS) is 18.8. The van der Waals surface area contributed by atoms with Crippen molar-refractivity contribution in [1.29, 1.82) is 0 Å². The average Bonchev–Trinajstić information content (AvgIpc) is 2.75. The Morgan fingerprint density at radius 1 is 1.56 bits per heavy atom. The number of aromatic nitrogens is 1. The van der Waals surface area contributed by atoms with Crippen LogP contribution in [-0.4, -0.2) is 30.2 Å². The maximum atomic E-state index is 11.4. The van der Waals surface area contributed by atoms with Crippen LogP contribution in [0, 0.1) is 6.92 Å². The van der Waals surface area contributed by atoms with E-state index in [4.69, 9.17) is 9.47 Å². The van der Waals surface area contributed by atoms with Crippen molar-refractivity contribution >= 4 is 5.97 Å². The number of hydrogen-bond acceptors (Lipinski definition) is 5. The number of carbonyl (C=O) groups is 1. The molecule has 1 atom stereocenters. The SMILES string of the molecule is CCNCc1nc(C)ccc1OC1CCOC1=O. The Labute approximate surface area is 107 Å². The molecule has 5 heteroatoms. The van der Waals surface area contributed by atoms with Gasteiger partial charge in [0.15, 0.2) is 6.10 Å². The van der Waals surface area contributed by atoms with Crippen LogP contribution in [0.25, 0.3) is 0 Å². The highest BCUT2D eigenvalue weighted by Gasteiger charge is 2.29. The molecule has 1 aliphatic heterocycles. The molecule has 0 aliphatic carbocycles. The maximum absolute atomic E-state index is 11.4. The largest absolute Gasteiger partial charge is 0.477 e. The molecule has 0 aromatic carbocycles. The van der Waals surface area contributed by atoms with Crippen LogP contribution in [0.1, 0.15) is 24.7 Å². The fourth-order valence-electron chi connectivity index (χ4n) is 1.81. The van der Waals surface area contributed by atoms with Gasteiger partial charge in [0, 0.05) is 18.7 Å². The molecule has 1 aromatic heterocycles. The molecule has 0 saturated carbocycles. The maximum Gasteiger partial charge on any atom is 0.347 e. The van der Waals surface area contributed by atoms with Gasteiger partial charge in [0.05, 0.1) is 12.3 Å². The summed E-state index contributed by atoms with van der Waals surface area (Å²) >= 11 is 0. The predicted molar refractivity (Wildman–Crippen MR) is 66.3 cm³/mol. The number of hydrogen-bond donors (Lipinski definition) is 1. The van der Waals surface area contributed by atoms with Crippen molar-refractivity contribution in [2.75, 3.05) is 13.2 Å². The Balaban J connectivity index is 2.12. The number of carbonyl (C=O) groups excluding carboxylic acids is 1. The van der Waals surface area contributed by atoms with Gasteiger partial charge in [0.25, 0.3) is 0 Å². The molecule has 1 aliphatic rings. The summed E-state index contributed by atoms with van der Waals surface area (Å²) in [5.41, 5.74) is 1.76. The topological polar surface area (TPSA) is 60.5 Å². The van der Waals surface area contributed by atoms with Crippen molar-refractivity contribution in [3.8, 4) is 5.75 Å². The van der Waals surface area contributed by atoms with E-state index in [1.807, 2.05) is 26.0 Å². The zero-order valence-corrected chi connectivity index (χ0v) is 10.7. The van der Waals surface area contributed by atoms with E-state index in [1.54, 1.807) is 0 Å². The third-order valence-corrected chi connectivity index (χ3v) is 2.77. The zero-order chi connectivity index (χ0) is 13.0. The third-order valence-electron chi connectivity index (χ3n) is 2.77. The van der Waals surface area contributed by atoms with Crippen molar-refractivity contribution in [2.45, 2.75) is 32.9 Å². The molecule has 1 unspecified atom stereocenters. The molecule has 2 heterocycles. The summed E-state index contributed by atoms with van der Waals surface area (Å²) in [5, 5.41) is 3.21. The van der Waals surface area contributed by atoms with E-state index in [-0.39, 0.29) is 5.97 Å². The van der Waals surface area contributed by atoms with E-state index < -0.39 is 6.10 Å². The lowest BCUT2D eigenvalue weighted by Gasteiger charge is -2.14. The van der Waals surface area contributed by atoms with E-state index in [1.165, 1.54) is 0 Å². The molecule has 0 spiro atoms. The minimum atomic E-state index is -0.491. The van der Waals surface area contributed by atoms with Gasteiger partial charge < -0.3 is 14.8 Å². The van der Waals surface area contributed by atoms with E-state index in [0.29, 0.717) is 25.3 Å². The van der Waals surface area contributed by atoms with Crippen molar-refractivity contribution in [1.82, 2.24) is 10.3 Å². The van der Waals surface area contributed by atoms with Gasteiger partial charge in [0.1, 0.15) is 5.75 Å². The molecule has 1 N–H and O–H groups in total. The highest BCUT2D eigenvalue weighted by atomic mass is 16.6. The fraction of sp³-hybridized carbons (Fsp3) is 0.538. The molecular weight excluding hydrogens is 232 g/mol. The van der Waals surface area contributed by atoms with Gasteiger partial charge in [-0.05, 0) is 25.6 Å². The van der Waals surface area contributed by atoms with Crippen LogP contribution in [0.4, 0.5) is 0 Å². The van der Waals surface area contributed by atoms with Gasteiger partial charge >= 0.3 is 5.97 Å². The van der Waals surface area contributed by atoms with Gasteiger partial charge in [-0.2, -0.15) is 0 Å². The number of pyridine rings is 1. The van der Waals surface area contributed by atoms with Crippen LogP contribution in [0.2, 0.25) is 0 Å². The van der Waals surface area contributed by atoms with Crippen LogP contribution in [0.5, 0.6) is 5.75 Å². The Hall–Kier alpha value is -1.62. The lowest BCUT2D eigenvalue weighted by molar-refractivity contribution is -0.143. The molecule has 0 radical (unpaired) electrons. The van der Waals surface area contributed by atoms with Crippen molar-refractivity contribution in [3.63, 3.8) is 0 Å². The number of nitrogens with one attached hydrogen (secondary N) is 1. The average molecular weight is 250 g/mol. The van der Waals surface area contributed by atoms with E-state index in [0.717, 1.165) is 17.9 Å². The number of ether oxygens (including phenoxy) is 2. The summed E-state index contributed by atoms with van der Waals surface area (Å²) < 4.78 is 10.6. The number of cyclic esters (lactones) is 1. The molecule has 1 aromatic rings. The highest BCUT2D eigenvalue weighted by Crippen LogP contribution is 2.21. The Morgan fingerprint density at radius 3 is 3.06 bits per heavy atom. The molecule has 0 bridgehead atoms. The van der Waals surface area contributed by atoms with Gasteiger partial charge in [-0.15, -0.1) is 0 Å². The molecule has 0 amide bonds. The first-order valence-corrected chi connectivity index (χ1v) is 6.21. The summed E-state index contributed by atoms with van der Waals surface area (Å²) in [4.78, 5) is 15.8. The molecule has 5 nitrogen and oxygen atoms in total. The summed E-state index contributed by atoms with van der Waals surface area (Å²) in [6.45, 7) is 5.90. The first-order chi connectivity index (χ1) is 8.70. The lowest BCUT2D eigenvalue weighted by Crippen LogP contribution is -2.23. The van der Waals surface area contributed by atoms with Gasteiger partial charge in [-0.3, -0.25) is 4.98 Å². The smallest absolute Gasteiger partial charge is 0.347 e. The van der Waals surface area contributed by atoms with Gasteiger partial charge in [0.2, 0.25) is 0 Å². The quantitative estimate of drug-likeness (QED) is 0.795. The van der Waals surface area contributed by atoms with Crippen LogP contribution in [0.15, 0.2) is 12.1 Å². The first-order valence-electron chi connectivity index (χ1n) is 6.21. The minimum absolute atomic E-state index is 0.287. The molecular formula is C13H18N2O3. The summed E-state index contributed by atoms with van der Waals surface area (Å²) in [6.07, 6.45) is 0.114. The van der Waals surface area contributed by atoms with Crippen LogP contribution in [0.3, 0.4) is 0 Å². The minimum Gasteiger partial charge on any atom is -0.477 e. The zero-order valence-electron chi connectivity index (χ0n) is 10.7. The van der Waals surface area contributed by atoms with E-state index >= 15 is 0 Å². The lowest BCUT2D eigenvalue weighted by atomic mass is 10.2. The number of aryl methyl sites for hydroxylation is 1. The van der Waals surface area contributed by atoms with Crippen molar-refractivity contribution < 1.29 is 14.3 Å². The standard InChI is InChI=1S/C13H18N2O3/c1-3-14-8-10-11(5-4-9(2)15-10)18-12-6-7-17-13(12)16/h4-5,12,14H,3,6-8H2,1-2H3. The Morgan fingerprint density at radius 2 is 2.39 bits per heavy atom. The van der Waals surface area contributed by atoms with Crippen LogP contribution < -0.4 is 10.1 Å². The highest BCUT2D eigenvalue weighted by molar-refractivity contribution is 5.76. The van der Waals surface area contributed by atoms with Crippen molar-refractivity contribution in [3.05, 3.63) is 23.5 Å². The predicted octanol–water partition coefficient (Wildman–Crippen LogP) is 1.19. The number of rotatable bonds is 5. The molecule has 1 fully saturated rings. The fourth-order valence-corrected chi connectivity index (χ4v) is 1.81. The second-order valence-electron chi connectivity index (χ2n) is 4.24. The monoisotopic (exact) mass is 250 g/mol. The van der Waals surface area contributed by atoms with Gasteiger partial charge in [-0.1, -0.05) is 6.92 Å². The van der Waals surface area contributed by atoms with E-state index in [9.17, 15) is 4.79 Å². The summed E-state index contributed by atoms with van der Waals surface area (Å²) in [5.74, 6) is 0.371. The molecule has 98 valence electrons.